The van der Waals surface area contributed by atoms with Gasteiger partial charge < -0.3 is 18.9 Å². The van der Waals surface area contributed by atoms with E-state index < -0.39 is 5.97 Å². The van der Waals surface area contributed by atoms with Crippen molar-refractivity contribution < 1.29 is 23.7 Å². The van der Waals surface area contributed by atoms with Crippen LogP contribution in [0.15, 0.2) is 48.5 Å². The van der Waals surface area contributed by atoms with Crippen LogP contribution in [-0.4, -0.2) is 41.8 Å². The van der Waals surface area contributed by atoms with Crippen LogP contribution in [0.3, 0.4) is 0 Å². The molecule has 0 aliphatic heterocycles. The molecule has 3 rings (SSSR count). The first-order chi connectivity index (χ1) is 13.6. The van der Waals surface area contributed by atoms with E-state index >= 15 is 0 Å². The monoisotopic (exact) mass is 383 g/mol. The van der Waals surface area contributed by atoms with E-state index in [1.165, 1.54) is 4.68 Å². The Labute approximate surface area is 162 Å². The van der Waals surface area contributed by atoms with Crippen LogP contribution in [-0.2, 0) is 11.3 Å². The number of ether oxygens (including phenoxy) is 4. The molecule has 3 aromatic rings. The molecule has 0 spiro atoms. The molecule has 1 heterocycles. The fraction of sp³-hybridized carbons (Fsp3) is 0.250. The summed E-state index contributed by atoms with van der Waals surface area (Å²) in [6, 6.07) is 14.5. The van der Waals surface area contributed by atoms with E-state index in [4.69, 9.17) is 18.9 Å². The van der Waals surface area contributed by atoms with Gasteiger partial charge in [0, 0.05) is 6.07 Å². The highest BCUT2D eigenvalue weighted by atomic mass is 16.5. The van der Waals surface area contributed by atoms with Crippen LogP contribution < -0.4 is 14.2 Å². The highest BCUT2D eigenvalue weighted by Crippen LogP contribution is 2.28. The van der Waals surface area contributed by atoms with Gasteiger partial charge in [0.1, 0.15) is 17.2 Å². The number of carbonyl (C=O) groups is 1. The van der Waals surface area contributed by atoms with E-state index in [0.717, 1.165) is 11.3 Å². The molecule has 0 fully saturated rings. The summed E-state index contributed by atoms with van der Waals surface area (Å²) in [4.78, 5) is 12.3. The van der Waals surface area contributed by atoms with Gasteiger partial charge in [-0.15, -0.1) is 5.10 Å². The molecule has 0 aliphatic rings. The van der Waals surface area contributed by atoms with Crippen LogP contribution in [0, 0.1) is 0 Å². The van der Waals surface area contributed by atoms with Crippen molar-refractivity contribution >= 4 is 5.97 Å². The van der Waals surface area contributed by atoms with Gasteiger partial charge in [-0.2, -0.15) is 0 Å². The maximum absolute atomic E-state index is 12.3. The van der Waals surface area contributed by atoms with Crippen LogP contribution in [0.4, 0.5) is 0 Å². The molecule has 0 saturated heterocycles. The quantitative estimate of drug-likeness (QED) is 0.552. The van der Waals surface area contributed by atoms with Gasteiger partial charge in [-0.05, 0) is 36.8 Å². The van der Waals surface area contributed by atoms with Crippen molar-refractivity contribution in [3.05, 3.63) is 59.8 Å². The molecular weight excluding hydrogens is 362 g/mol. The first kappa shape index (κ1) is 19.2. The minimum Gasteiger partial charge on any atom is -0.497 e. The van der Waals surface area contributed by atoms with E-state index in [9.17, 15) is 4.79 Å². The molecule has 8 nitrogen and oxygen atoms in total. The summed E-state index contributed by atoms with van der Waals surface area (Å²) in [6.45, 7) is 2.31. The molecule has 0 radical (unpaired) electrons. The molecule has 0 amide bonds. The molecule has 146 valence electrons. The van der Waals surface area contributed by atoms with Gasteiger partial charge in [0.2, 0.25) is 5.69 Å². The maximum Gasteiger partial charge on any atom is 0.364 e. The zero-order chi connectivity index (χ0) is 19.9. The number of benzene rings is 2. The highest BCUT2D eigenvalue weighted by molar-refractivity contribution is 5.89. The standard InChI is InChI=1S/C20H21N3O5/c1-4-27-20(24)18-19(28-17-7-5-6-16(12-17)26-3)23(22-21-18)13-14-8-10-15(25-2)11-9-14/h5-12H,4,13H2,1-3H3. The summed E-state index contributed by atoms with van der Waals surface area (Å²) >= 11 is 0. The molecule has 0 saturated carbocycles. The number of methoxy groups -OCH3 is 2. The Kier molecular flexibility index (Phi) is 6.11. The summed E-state index contributed by atoms with van der Waals surface area (Å²) in [6.07, 6.45) is 0. The lowest BCUT2D eigenvalue weighted by atomic mass is 10.2. The van der Waals surface area contributed by atoms with Crippen LogP contribution in [0.2, 0.25) is 0 Å². The van der Waals surface area contributed by atoms with Gasteiger partial charge in [-0.1, -0.05) is 23.4 Å². The molecule has 0 aliphatic carbocycles. The molecular formula is C20H21N3O5. The first-order valence-corrected chi connectivity index (χ1v) is 8.70. The molecule has 0 unspecified atom stereocenters. The van der Waals surface area contributed by atoms with Crippen molar-refractivity contribution in [1.82, 2.24) is 15.0 Å². The number of aromatic nitrogens is 3. The second kappa shape index (κ2) is 8.90. The molecule has 1 aromatic heterocycles. The maximum atomic E-state index is 12.3. The Morgan fingerprint density at radius 3 is 2.39 bits per heavy atom. The number of hydrogen-bond acceptors (Lipinski definition) is 7. The minimum absolute atomic E-state index is 0.0122. The Balaban J connectivity index is 1.93. The lowest BCUT2D eigenvalue weighted by molar-refractivity contribution is 0.0516. The molecule has 28 heavy (non-hydrogen) atoms. The Morgan fingerprint density at radius 2 is 1.71 bits per heavy atom. The fourth-order valence-corrected chi connectivity index (χ4v) is 2.52. The normalized spacial score (nSPS) is 10.4. The van der Waals surface area contributed by atoms with Crippen molar-refractivity contribution in [2.75, 3.05) is 20.8 Å². The van der Waals surface area contributed by atoms with Crippen LogP contribution in [0.1, 0.15) is 23.0 Å². The number of esters is 1. The molecule has 0 bridgehead atoms. The van der Waals surface area contributed by atoms with E-state index in [1.54, 1.807) is 45.4 Å². The van der Waals surface area contributed by atoms with Crippen molar-refractivity contribution in [1.29, 1.82) is 0 Å². The van der Waals surface area contributed by atoms with Gasteiger partial charge in [-0.25, -0.2) is 9.48 Å². The van der Waals surface area contributed by atoms with E-state index in [1.807, 2.05) is 24.3 Å². The van der Waals surface area contributed by atoms with Crippen molar-refractivity contribution in [3.63, 3.8) is 0 Å². The third kappa shape index (κ3) is 4.40. The summed E-state index contributed by atoms with van der Waals surface area (Å²) in [7, 11) is 3.18. The Morgan fingerprint density at radius 1 is 1.00 bits per heavy atom. The molecule has 8 heteroatoms. The minimum atomic E-state index is -0.596. The summed E-state index contributed by atoms with van der Waals surface area (Å²) < 4.78 is 22.9. The Bertz CT molecular complexity index is 937. The summed E-state index contributed by atoms with van der Waals surface area (Å²) in [5.41, 5.74) is 0.954. The van der Waals surface area contributed by atoms with Crippen LogP contribution >= 0.6 is 0 Å². The third-order valence-corrected chi connectivity index (χ3v) is 3.91. The molecule has 2 aromatic carbocycles. The zero-order valence-electron chi connectivity index (χ0n) is 15.9. The van der Waals surface area contributed by atoms with E-state index in [0.29, 0.717) is 18.0 Å². The number of hydrogen-bond donors (Lipinski definition) is 0. The second-order valence-electron chi connectivity index (χ2n) is 5.75. The van der Waals surface area contributed by atoms with Crippen LogP contribution in [0.25, 0.3) is 0 Å². The lowest BCUT2D eigenvalue weighted by Crippen LogP contribution is -2.09. The summed E-state index contributed by atoms with van der Waals surface area (Å²) in [5.74, 6) is 1.47. The lowest BCUT2D eigenvalue weighted by Gasteiger charge is -2.11. The summed E-state index contributed by atoms with van der Waals surface area (Å²) in [5, 5.41) is 8.04. The molecule has 0 N–H and O–H groups in total. The fourth-order valence-electron chi connectivity index (χ4n) is 2.52. The number of carbonyl (C=O) groups excluding carboxylic acids is 1. The van der Waals surface area contributed by atoms with E-state index in [-0.39, 0.29) is 18.2 Å². The topological polar surface area (TPSA) is 84.7 Å². The molecule has 0 atom stereocenters. The number of nitrogens with zero attached hydrogens (tertiary/aromatic N) is 3. The van der Waals surface area contributed by atoms with Gasteiger partial charge >= 0.3 is 5.97 Å². The van der Waals surface area contributed by atoms with Crippen molar-refractivity contribution in [3.8, 4) is 23.1 Å². The van der Waals surface area contributed by atoms with Gasteiger partial charge in [0.25, 0.3) is 5.88 Å². The van der Waals surface area contributed by atoms with Crippen LogP contribution in [0.5, 0.6) is 23.1 Å². The van der Waals surface area contributed by atoms with Gasteiger partial charge in [0.15, 0.2) is 0 Å². The van der Waals surface area contributed by atoms with Gasteiger partial charge in [-0.3, -0.25) is 0 Å². The Hall–Kier alpha value is -3.55. The first-order valence-electron chi connectivity index (χ1n) is 8.70. The predicted molar refractivity (Wildman–Crippen MR) is 101 cm³/mol. The average Bonchev–Trinajstić information content (AvgIpc) is 3.11. The highest BCUT2D eigenvalue weighted by Gasteiger charge is 2.23. The number of rotatable bonds is 8. The van der Waals surface area contributed by atoms with Crippen molar-refractivity contribution in [2.45, 2.75) is 13.5 Å². The second-order valence-corrected chi connectivity index (χ2v) is 5.75. The van der Waals surface area contributed by atoms with E-state index in [2.05, 4.69) is 10.3 Å². The largest absolute Gasteiger partial charge is 0.497 e. The van der Waals surface area contributed by atoms with Crippen molar-refractivity contribution in [2.24, 2.45) is 0 Å². The zero-order valence-corrected chi connectivity index (χ0v) is 15.9. The smallest absolute Gasteiger partial charge is 0.364 e. The third-order valence-electron chi connectivity index (χ3n) is 3.91. The van der Waals surface area contributed by atoms with Gasteiger partial charge in [0.05, 0.1) is 27.4 Å². The average molecular weight is 383 g/mol. The SMILES string of the molecule is CCOC(=O)c1nnn(Cc2ccc(OC)cc2)c1Oc1cccc(OC)c1. The predicted octanol–water partition coefficient (Wildman–Crippen LogP) is 3.31.